The number of carbonyl (C=O) groups is 2. The van der Waals surface area contributed by atoms with Gasteiger partial charge in [0, 0.05) is 11.8 Å². The van der Waals surface area contributed by atoms with Crippen LogP contribution in [-0.2, 0) is 12.7 Å². The lowest BCUT2D eigenvalue weighted by molar-refractivity contribution is -0.137. The molecule has 13 heteroatoms. The van der Waals surface area contributed by atoms with E-state index in [2.05, 4.69) is 25.6 Å². The summed E-state index contributed by atoms with van der Waals surface area (Å²) in [6.45, 7) is 0.0137. The fraction of sp³-hybridized carbons (Fsp3) is 0.118. The van der Waals surface area contributed by atoms with E-state index in [1.165, 1.54) is 18.3 Å². The first kappa shape index (κ1) is 21.5. The molecule has 0 unspecified atom stereocenters. The minimum atomic E-state index is -4.65. The maximum atomic E-state index is 12.9. The summed E-state index contributed by atoms with van der Waals surface area (Å²) in [6.07, 6.45) is -2.25. The molecule has 4 N–H and O–H groups in total. The number of nitrogens with one attached hydrogen (secondary N) is 2. The first-order valence-electron chi connectivity index (χ1n) is 8.12. The second kappa shape index (κ2) is 8.63. The average Bonchev–Trinajstić information content (AvgIpc) is 3.16. The second-order valence-corrected chi connectivity index (χ2v) is 7.30. The molecule has 2 aromatic heterocycles. The van der Waals surface area contributed by atoms with Gasteiger partial charge in [-0.25, -0.2) is 15.0 Å². The molecule has 0 spiro atoms. The molecule has 0 radical (unpaired) electrons. The van der Waals surface area contributed by atoms with E-state index in [-0.39, 0.29) is 28.6 Å². The van der Waals surface area contributed by atoms with E-state index in [0.29, 0.717) is 5.01 Å². The Morgan fingerprint density at radius 1 is 1.13 bits per heavy atom. The van der Waals surface area contributed by atoms with Crippen molar-refractivity contribution in [1.29, 1.82) is 0 Å². The van der Waals surface area contributed by atoms with Gasteiger partial charge in [-0.1, -0.05) is 11.6 Å². The van der Waals surface area contributed by atoms with Crippen molar-refractivity contribution < 1.29 is 22.8 Å². The highest BCUT2D eigenvalue weighted by Crippen LogP contribution is 2.36. The Labute approximate surface area is 176 Å². The Bertz CT molecular complexity index is 1110. The van der Waals surface area contributed by atoms with Gasteiger partial charge in [-0.15, -0.1) is 11.3 Å². The van der Waals surface area contributed by atoms with Crippen LogP contribution in [0.25, 0.3) is 0 Å². The first-order chi connectivity index (χ1) is 14.1. The molecule has 0 saturated heterocycles. The molecule has 1 aromatic carbocycles. The maximum absolute atomic E-state index is 12.9. The number of nitrogens with zero attached hydrogens (tertiary/aromatic N) is 3. The third-order valence-electron chi connectivity index (χ3n) is 3.63. The number of rotatable bonds is 5. The molecule has 0 saturated carbocycles. The van der Waals surface area contributed by atoms with Crippen molar-refractivity contribution in [1.82, 2.24) is 20.3 Å². The summed E-state index contributed by atoms with van der Waals surface area (Å²) >= 11 is 6.53. The minimum absolute atomic E-state index is 0.0137. The Kier molecular flexibility index (Phi) is 6.17. The predicted octanol–water partition coefficient (Wildman–Crippen LogP) is 3.37. The summed E-state index contributed by atoms with van der Waals surface area (Å²) < 4.78 is 38.8. The highest BCUT2D eigenvalue weighted by molar-refractivity contribution is 7.13. The number of nitrogens with two attached hydrogens (primary N) is 1. The topological polar surface area (TPSA) is 123 Å². The number of carbonyl (C=O) groups excluding carboxylic acids is 2. The zero-order valence-corrected chi connectivity index (χ0v) is 16.4. The van der Waals surface area contributed by atoms with Crippen molar-refractivity contribution in [3.05, 3.63) is 63.0 Å². The molecule has 0 bridgehead atoms. The van der Waals surface area contributed by atoms with Crippen LogP contribution >= 0.6 is 22.9 Å². The Morgan fingerprint density at radius 2 is 1.90 bits per heavy atom. The Morgan fingerprint density at radius 3 is 2.60 bits per heavy atom. The quantitative estimate of drug-likeness (QED) is 0.541. The van der Waals surface area contributed by atoms with E-state index in [4.69, 9.17) is 17.3 Å². The minimum Gasteiger partial charge on any atom is -0.384 e. The zero-order valence-electron chi connectivity index (χ0n) is 14.8. The smallest absolute Gasteiger partial charge is 0.384 e. The van der Waals surface area contributed by atoms with Crippen LogP contribution in [0.5, 0.6) is 0 Å². The SMILES string of the molecule is Nc1cc(C(=O)NCc2ncc(C(=O)Nc3ccc(Cl)c(C(F)(F)F)c3)s2)ncn1. The molecule has 0 aliphatic carbocycles. The van der Waals surface area contributed by atoms with Crippen molar-refractivity contribution in [3.63, 3.8) is 0 Å². The third kappa shape index (κ3) is 5.21. The van der Waals surface area contributed by atoms with E-state index in [0.717, 1.165) is 29.8 Å². The van der Waals surface area contributed by atoms with Gasteiger partial charge in [0.2, 0.25) is 0 Å². The molecule has 8 nitrogen and oxygen atoms in total. The van der Waals surface area contributed by atoms with Crippen LogP contribution in [0.15, 0.2) is 36.8 Å². The standard InChI is InChI=1S/C17H12ClF3N6O2S/c18-10-2-1-8(3-9(10)17(19,20)21)27-16(29)12-5-23-14(30-12)6-24-15(28)11-4-13(22)26-7-25-11/h1-5,7H,6H2,(H,24,28)(H,27,29)(H2,22,25,26). The summed E-state index contributed by atoms with van der Waals surface area (Å²) in [7, 11) is 0. The van der Waals surface area contributed by atoms with Crippen LogP contribution in [-0.4, -0.2) is 26.8 Å². The largest absolute Gasteiger partial charge is 0.417 e. The fourth-order valence-electron chi connectivity index (χ4n) is 2.25. The average molecular weight is 457 g/mol. The fourth-order valence-corrected chi connectivity index (χ4v) is 3.23. The van der Waals surface area contributed by atoms with Crippen molar-refractivity contribution in [3.8, 4) is 0 Å². The number of anilines is 2. The number of amides is 2. The van der Waals surface area contributed by atoms with Gasteiger partial charge in [0.25, 0.3) is 11.8 Å². The van der Waals surface area contributed by atoms with E-state index >= 15 is 0 Å². The van der Waals surface area contributed by atoms with Crippen LogP contribution < -0.4 is 16.4 Å². The lowest BCUT2D eigenvalue weighted by Gasteiger charge is -2.11. The highest BCUT2D eigenvalue weighted by Gasteiger charge is 2.33. The van der Waals surface area contributed by atoms with Gasteiger partial charge in [0.1, 0.15) is 27.7 Å². The monoisotopic (exact) mass is 456 g/mol. The van der Waals surface area contributed by atoms with Crippen molar-refractivity contribution >= 4 is 46.3 Å². The number of halogens is 4. The molecular weight excluding hydrogens is 445 g/mol. The Hall–Kier alpha value is -3.25. The number of aromatic nitrogens is 3. The summed E-state index contributed by atoms with van der Waals surface area (Å²) in [4.78, 5) is 36.0. The number of hydrogen-bond acceptors (Lipinski definition) is 7. The van der Waals surface area contributed by atoms with E-state index in [1.807, 2.05) is 0 Å². The van der Waals surface area contributed by atoms with E-state index < -0.39 is 28.6 Å². The molecule has 0 aliphatic rings. The molecule has 3 aromatic rings. The lowest BCUT2D eigenvalue weighted by Crippen LogP contribution is -2.24. The van der Waals surface area contributed by atoms with Gasteiger partial charge < -0.3 is 16.4 Å². The van der Waals surface area contributed by atoms with Gasteiger partial charge in [0.15, 0.2) is 0 Å². The summed E-state index contributed by atoms with van der Waals surface area (Å²) in [6, 6.07) is 4.35. The normalized spacial score (nSPS) is 11.2. The molecular formula is C17H12ClF3N6O2S. The molecule has 2 amide bonds. The van der Waals surface area contributed by atoms with Gasteiger partial charge in [-0.05, 0) is 18.2 Å². The molecule has 156 valence electrons. The summed E-state index contributed by atoms with van der Waals surface area (Å²) in [5.74, 6) is -1.02. The number of hydrogen-bond donors (Lipinski definition) is 3. The predicted molar refractivity (Wildman–Crippen MR) is 104 cm³/mol. The van der Waals surface area contributed by atoms with Gasteiger partial charge >= 0.3 is 6.18 Å². The van der Waals surface area contributed by atoms with Crippen LogP contribution in [0.3, 0.4) is 0 Å². The molecule has 0 aliphatic heterocycles. The summed E-state index contributed by atoms with van der Waals surface area (Å²) in [5, 5.41) is 4.86. The first-order valence-corrected chi connectivity index (χ1v) is 9.31. The number of alkyl halides is 3. The van der Waals surface area contributed by atoms with Gasteiger partial charge in [-0.3, -0.25) is 9.59 Å². The number of benzene rings is 1. The van der Waals surface area contributed by atoms with Crippen LogP contribution in [0, 0.1) is 0 Å². The van der Waals surface area contributed by atoms with Crippen molar-refractivity contribution in [2.24, 2.45) is 0 Å². The van der Waals surface area contributed by atoms with Crippen molar-refractivity contribution in [2.75, 3.05) is 11.1 Å². The van der Waals surface area contributed by atoms with Crippen LogP contribution in [0.2, 0.25) is 5.02 Å². The molecule has 0 atom stereocenters. The highest BCUT2D eigenvalue weighted by atomic mass is 35.5. The molecule has 30 heavy (non-hydrogen) atoms. The number of nitrogen functional groups attached to an aromatic ring is 1. The summed E-state index contributed by atoms with van der Waals surface area (Å²) in [5.41, 5.74) is 4.44. The van der Waals surface area contributed by atoms with Crippen molar-refractivity contribution in [2.45, 2.75) is 12.7 Å². The van der Waals surface area contributed by atoms with Crippen LogP contribution in [0.1, 0.15) is 30.7 Å². The van der Waals surface area contributed by atoms with E-state index in [9.17, 15) is 22.8 Å². The third-order valence-corrected chi connectivity index (χ3v) is 4.95. The molecule has 3 rings (SSSR count). The molecule has 0 fully saturated rings. The Balaban J connectivity index is 1.63. The second-order valence-electron chi connectivity index (χ2n) is 5.78. The van der Waals surface area contributed by atoms with E-state index in [1.54, 1.807) is 0 Å². The molecule has 2 heterocycles. The van der Waals surface area contributed by atoms with Gasteiger partial charge in [-0.2, -0.15) is 13.2 Å². The maximum Gasteiger partial charge on any atom is 0.417 e. The van der Waals surface area contributed by atoms with Gasteiger partial charge in [0.05, 0.1) is 23.3 Å². The van der Waals surface area contributed by atoms with Crippen LogP contribution in [0.4, 0.5) is 24.7 Å². The number of thiazole rings is 1. The zero-order chi connectivity index (χ0) is 21.9. The lowest BCUT2D eigenvalue weighted by atomic mass is 10.2.